The van der Waals surface area contributed by atoms with E-state index < -0.39 is 5.60 Å². The smallest absolute Gasteiger partial charge is 0.317 e. The molecule has 118 valence electrons. The fraction of sp³-hybridized carbons (Fsp3) is 0.938. The Hall–Kier alpha value is -0.770. The zero-order valence-corrected chi connectivity index (χ0v) is 13.8. The van der Waals surface area contributed by atoms with E-state index in [1.54, 1.807) is 0 Å². The van der Waals surface area contributed by atoms with Crippen LogP contribution in [0.25, 0.3) is 0 Å². The molecule has 1 aliphatic heterocycles. The van der Waals surface area contributed by atoms with Gasteiger partial charge in [0.05, 0.1) is 5.60 Å². The summed E-state index contributed by atoms with van der Waals surface area (Å²) < 4.78 is 0. The molecule has 0 radical (unpaired) electrons. The predicted octanol–water partition coefficient (Wildman–Crippen LogP) is 3.01. The molecular formula is C16H32N2O2. The van der Waals surface area contributed by atoms with Crippen molar-refractivity contribution in [1.82, 2.24) is 10.2 Å². The first-order valence-electron chi connectivity index (χ1n) is 7.84. The molecule has 0 bridgehead atoms. The molecule has 4 nitrogen and oxygen atoms in total. The van der Waals surface area contributed by atoms with Crippen LogP contribution in [0.15, 0.2) is 0 Å². The molecule has 1 atom stereocenters. The molecule has 1 aliphatic rings. The molecule has 20 heavy (non-hydrogen) atoms. The van der Waals surface area contributed by atoms with Gasteiger partial charge in [0.15, 0.2) is 0 Å². The molecule has 0 aromatic carbocycles. The van der Waals surface area contributed by atoms with E-state index in [-0.39, 0.29) is 6.03 Å². The summed E-state index contributed by atoms with van der Waals surface area (Å²) in [6.07, 6.45) is 3.53. The molecule has 0 aromatic heterocycles. The van der Waals surface area contributed by atoms with Gasteiger partial charge in [0.25, 0.3) is 0 Å². The molecule has 1 rings (SSSR count). The van der Waals surface area contributed by atoms with Crippen molar-refractivity contribution in [2.45, 2.75) is 65.9 Å². The fourth-order valence-electron chi connectivity index (χ4n) is 2.88. The van der Waals surface area contributed by atoms with Gasteiger partial charge in [0.1, 0.15) is 0 Å². The van der Waals surface area contributed by atoms with Crippen LogP contribution in [0.2, 0.25) is 0 Å². The van der Waals surface area contributed by atoms with E-state index in [9.17, 15) is 9.90 Å². The molecule has 1 saturated heterocycles. The molecular weight excluding hydrogens is 252 g/mol. The Morgan fingerprint density at radius 1 is 1.35 bits per heavy atom. The van der Waals surface area contributed by atoms with Crippen molar-refractivity contribution in [3.8, 4) is 0 Å². The zero-order chi connectivity index (χ0) is 15.4. The van der Waals surface area contributed by atoms with Gasteiger partial charge in [0, 0.05) is 19.6 Å². The number of urea groups is 1. The van der Waals surface area contributed by atoms with Crippen molar-refractivity contribution in [3.63, 3.8) is 0 Å². The summed E-state index contributed by atoms with van der Waals surface area (Å²) in [6.45, 7) is 12.9. The number of amides is 2. The van der Waals surface area contributed by atoms with Crippen molar-refractivity contribution in [2.24, 2.45) is 11.3 Å². The summed E-state index contributed by atoms with van der Waals surface area (Å²) in [5.41, 5.74) is -0.250. The van der Waals surface area contributed by atoms with Gasteiger partial charge >= 0.3 is 6.03 Å². The van der Waals surface area contributed by atoms with Crippen LogP contribution in [0.3, 0.4) is 0 Å². The van der Waals surface area contributed by atoms with E-state index in [2.05, 4.69) is 33.0 Å². The van der Waals surface area contributed by atoms with Crippen LogP contribution in [-0.4, -0.2) is 41.3 Å². The normalized spacial score (nSPS) is 20.6. The number of hydrogen-bond donors (Lipinski definition) is 2. The third-order valence-corrected chi connectivity index (χ3v) is 4.00. The molecule has 0 unspecified atom stereocenters. The number of rotatable bonds is 4. The van der Waals surface area contributed by atoms with Crippen LogP contribution in [-0.2, 0) is 0 Å². The van der Waals surface area contributed by atoms with Gasteiger partial charge in [-0.25, -0.2) is 4.79 Å². The van der Waals surface area contributed by atoms with E-state index in [4.69, 9.17) is 0 Å². The third-order valence-electron chi connectivity index (χ3n) is 4.00. The second-order valence-corrected chi connectivity index (χ2v) is 7.87. The number of nitrogens with zero attached hydrogens (tertiary/aromatic N) is 1. The molecule has 0 aliphatic carbocycles. The summed E-state index contributed by atoms with van der Waals surface area (Å²) in [5.74, 6) is 0.623. The summed E-state index contributed by atoms with van der Waals surface area (Å²) in [4.78, 5) is 13.8. The van der Waals surface area contributed by atoms with Crippen LogP contribution >= 0.6 is 0 Å². The monoisotopic (exact) mass is 284 g/mol. The Balaban J connectivity index is 2.21. The van der Waals surface area contributed by atoms with Crippen molar-refractivity contribution >= 4 is 6.03 Å². The Kier molecular flexibility index (Phi) is 5.87. The number of carbonyl (C=O) groups is 1. The number of carbonyl (C=O) groups excluding carboxylic acids is 1. The van der Waals surface area contributed by atoms with E-state index in [1.807, 2.05) is 11.8 Å². The second kappa shape index (κ2) is 6.79. The van der Waals surface area contributed by atoms with E-state index in [0.717, 1.165) is 13.0 Å². The van der Waals surface area contributed by atoms with Crippen molar-refractivity contribution in [3.05, 3.63) is 0 Å². The Morgan fingerprint density at radius 2 is 1.90 bits per heavy atom. The minimum Gasteiger partial charge on any atom is -0.390 e. The van der Waals surface area contributed by atoms with E-state index in [0.29, 0.717) is 37.3 Å². The fourth-order valence-corrected chi connectivity index (χ4v) is 2.88. The first kappa shape index (κ1) is 17.3. The maximum Gasteiger partial charge on any atom is 0.317 e. The van der Waals surface area contributed by atoms with Crippen molar-refractivity contribution in [1.29, 1.82) is 0 Å². The molecule has 2 N–H and O–H groups in total. The lowest BCUT2D eigenvalue weighted by Crippen LogP contribution is -2.49. The highest BCUT2D eigenvalue weighted by atomic mass is 16.3. The van der Waals surface area contributed by atoms with E-state index >= 15 is 0 Å². The maximum atomic E-state index is 12.0. The van der Waals surface area contributed by atoms with Gasteiger partial charge in [-0.2, -0.15) is 0 Å². The largest absolute Gasteiger partial charge is 0.390 e. The maximum absolute atomic E-state index is 12.0. The highest BCUT2D eigenvalue weighted by Crippen LogP contribution is 2.25. The average molecular weight is 284 g/mol. The van der Waals surface area contributed by atoms with Crippen LogP contribution in [0.1, 0.15) is 60.3 Å². The molecule has 1 fully saturated rings. The second-order valence-electron chi connectivity index (χ2n) is 7.87. The quantitative estimate of drug-likeness (QED) is 0.834. The predicted molar refractivity (Wildman–Crippen MR) is 82.7 cm³/mol. The summed E-state index contributed by atoms with van der Waals surface area (Å²) >= 11 is 0. The van der Waals surface area contributed by atoms with Crippen LogP contribution in [0.5, 0.6) is 0 Å². The minimum absolute atomic E-state index is 0.0171. The lowest BCUT2D eigenvalue weighted by molar-refractivity contribution is 0.00439. The summed E-state index contributed by atoms with van der Waals surface area (Å²) in [7, 11) is 0. The molecule has 4 heteroatoms. The van der Waals surface area contributed by atoms with Crippen molar-refractivity contribution < 1.29 is 9.90 Å². The van der Waals surface area contributed by atoms with Gasteiger partial charge < -0.3 is 15.3 Å². The van der Waals surface area contributed by atoms with Gasteiger partial charge in [-0.1, -0.05) is 27.7 Å². The number of piperidine rings is 1. The van der Waals surface area contributed by atoms with Gasteiger partial charge in [-0.05, 0) is 43.9 Å². The molecule has 0 aromatic rings. The minimum atomic E-state index is -0.599. The SMILES string of the molecule is C[C@H](CCNC(=O)N1CCC(C)(O)CC1)CC(C)(C)C. The van der Waals surface area contributed by atoms with Crippen molar-refractivity contribution in [2.75, 3.05) is 19.6 Å². The number of hydrogen-bond acceptors (Lipinski definition) is 2. The number of likely N-dealkylation sites (tertiary alicyclic amines) is 1. The third kappa shape index (κ3) is 6.60. The topological polar surface area (TPSA) is 52.6 Å². The first-order valence-corrected chi connectivity index (χ1v) is 7.84. The number of nitrogens with one attached hydrogen (secondary N) is 1. The lowest BCUT2D eigenvalue weighted by atomic mass is 9.84. The van der Waals surface area contributed by atoms with Crippen LogP contribution in [0, 0.1) is 11.3 Å². The molecule has 2 amide bonds. The Bertz CT molecular complexity index is 311. The van der Waals surface area contributed by atoms with Crippen LogP contribution < -0.4 is 5.32 Å². The van der Waals surface area contributed by atoms with Crippen LogP contribution in [0.4, 0.5) is 4.79 Å². The molecule has 0 saturated carbocycles. The average Bonchev–Trinajstić information content (AvgIpc) is 2.26. The Morgan fingerprint density at radius 3 is 2.40 bits per heavy atom. The Labute approximate surface area is 123 Å². The number of aliphatic hydroxyl groups is 1. The summed E-state index contributed by atoms with van der Waals surface area (Å²) in [5, 5.41) is 12.9. The molecule has 1 heterocycles. The van der Waals surface area contributed by atoms with Gasteiger partial charge in [-0.15, -0.1) is 0 Å². The zero-order valence-electron chi connectivity index (χ0n) is 13.8. The highest BCUT2D eigenvalue weighted by Gasteiger charge is 2.29. The lowest BCUT2D eigenvalue weighted by Gasteiger charge is -2.35. The standard InChI is InChI=1S/C16H32N2O2/c1-13(12-15(2,3)4)6-9-17-14(19)18-10-7-16(5,20)8-11-18/h13,20H,6-12H2,1-5H3,(H,17,19)/t13-/m1/s1. The van der Waals surface area contributed by atoms with E-state index in [1.165, 1.54) is 6.42 Å². The van der Waals surface area contributed by atoms with Gasteiger partial charge in [-0.3, -0.25) is 0 Å². The summed E-state index contributed by atoms with van der Waals surface area (Å²) in [6, 6.07) is 0.0171. The highest BCUT2D eigenvalue weighted by molar-refractivity contribution is 5.74. The van der Waals surface area contributed by atoms with Gasteiger partial charge in [0.2, 0.25) is 0 Å². The molecule has 0 spiro atoms. The first-order chi connectivity index (χ1) is 9.09.